The molecule has 1 aromatic rings. The second-order valence-electron chi connectivity index (χ2n) is 2.89. The molecule has 0 unspecified atom stereocenters. The number of aromatic nitrogens is 1. The fraction of sp³-hybridized carbons (Fsp3) is 0.273. The number of esters is 1. The van der Waals surface area contributed by atoms with Crippen LogP contribution in [0.2, 0.25) is 0 Å². The molecule has 4 heteroatoms. The number of hydrogen-bond donors (Lipinski definition) is 1. The van der Waals surface area contributed by atoms with Crippen LogP contribution in [0, 0.1) is 18.8 Å². The molecule has 0 amide bonds. The van der Waals surface area contributed by atoms with Crippen LogP contribution in [-0.4, -0.2) is 17.6 Å². The second-order valence-corrected chi connectivity index (χ2v) is 2.89. The normalized spacial score (nSPS) is 8.93. The molecular weight excluding hydrogens is 192 g/mol. The Balaban J connectivity index is 2.84. The van der Waals surface area contributed by atoms with Crippen molar-refractivity contribution in [3.05, 3.63) is 23.4 Å². The molecule has 0 saturated heterocycles. The van der Waals surface area contributed by atoms with E-state index in [1.54, 1.807) is 13.0 Å². The maximum atomic E-state index is 11.0. The van der Waals surface area contributed by atoms with Crippen LogP contribution in [-0.2, 0) is 9.53 Å². The van der Waals surface area contributed by atoms with Crippen LogP contribution >= 0.6 is 0 Å². The molecule has 1 aromatic heterocycles. The zero-order valence-electron chi connectivity index (χ0n) is 8.70. The lowest BCUT2D eigenvalue weighted by atomic mass is 10.1. The second kappa shape index (κ2) is 5.01. The van der Waals surface area contributed by atoms with E-state index in [-0.39, 0.29) is 0 Å². The maximum absolute atomic E-state index is 11.0. The average molecular weight is 204 g/mol. The molecule has 15 heavy (non-hydrogen) atoms. The van der Waals surface area contributed by atoms with E-state index in [9.17, 15) is 4.79 Å². The first-order valence-corrected chi connectivity index (χ1v) is 4.54. The standard InChI is InChI=1S/C11H12N2O2/c1-3-15-11(14)5-4-9-7-13-10(12)6-8(9)2/h6-7H,3H2,1-2H3,(H2,12,13). The summed E-state index contributed by atoms with van der Waals surface area (Å²) < 4.78 is 4.67. The molecule has 78 valence electrons. The van der Waals surface area contributed by atoms with Gasteiger partial charge in [0.05, 0.1) is 6.61 Å². The first-order valence-electron chi connectivity index (χ1n) is 4.54. The number of rotatable bonds is 1. The summed E-state index contributed by atoms with van der Waals surface area (Å²) in [4.78, 5) is 14.8. The predicted octanol–water partition coefficient (Wildman–Crippen LogP) is 0.887. The van der Waals surface area contributed by atoms with Crippen LogP contribution in [0.3, 0.4) is 0 Å². The van der Waals surface area contributed by atoms with Gasteiger partial charge in [0, 0.05) is 17.7 Å². The average Bonchev–Trinajstić information content (AvgIpc) is 2.17. The summed E-state index contributed by atoms with van der Waals surface area (Å²) in [5.41, 5.74) is 7.05. The van der Waals surface area contributed by atoms with Gasteiger partial charge in [-0.25, -0.2) is 9.78 Å². The summed E-state index contributed by atoms with van der Waals surface area (Å²) in [5, 5.41) is 0. The molecule has 0 aliphatic carbocycles. The van der Waals surface area contributed by atoms with E-state index in [4.69, 9.17) is 5.73 Å². The van der Waals surface area contributed by atoms with Gasteiger partial charge in [-0.2, -0.15) is 0 Å². The van der Waals surface area contributed by atoms with Crippen molar-refractivity contribution in [3.8, 4) is 11.8 Å². The number of carbonyl (C=O) groups excluding carboxylic acids is 1. The highest BCUT2D eigenvalue weighted by Gasteiger charge is 1.97. The quantitative estimate of drug-likeness (QED) is 0.545. The summed E-state index contributed by atoms with van der Waals surface area (Å²) in [6.07, 6.45) is 1.54. The fourth-order valence-electron chi connectivity index (χ4n) is 0.994. The van der Waals surface area contributed by atoms with Crippen molar-refractivity contribution in [2.24, 2.45) is 0 Å². The lowest BCUT2D eigenvalue weighted by molar-refractivity contribution is -0.136. The third kappa shape index (κ3) is 3.31. The summed E-state index contributed by atoms with van der Waals surface area (Å²) in [6, 6.07) is 1.70. The molecule has 0 aromatic carbocycles. The van der Waals surface area contributed by atoms with Crippen molar-refractivity contribution >= 4 is 11.8 Å². The Morgan fingerprint density at radius 2 is 2.40 bits per heavy atom. The van der Waals surface area contributed by atoms with Gasteiger partial charge >= 0.3 is 5.97 Å². The predicted molar refractivity (Wildman–Crippen MR) is 56.9 cm³/mol. The molecule has 0 atom stereocenters. The first kappa shape index (κ1) is 11.1. The Morgan fingerprint density at radius 1 is 1.67 bits per heavy atom. The van der Waals surface area contributed by atoms with Crippen molar-refractivity contribution in [1.29, 1.82) is 0 Å². The van der Waals surface area contributed by atoms with Gasteiger partial charge < -0.3 is 10.5 Å². The maximum Gasteiger partial charge on any atom is 0.384 e. The van der Waals surface area contributed by atoms with Crippen molar-refractivity contribution in [1.82, 2.24) is 4.98 Å². The molecule has 0 radical (unpaired) electrons. The molecule has 0 saturated carbocycles. The van der Waals surface area contributed by atoms with Gasteiger partial charge in [0.1, 0.15) is 5.82 Å². The largest absolute Gasteiger partial charge is 0.456 e. The van der Waals surface area contributed by atoms with Crippen LogP contribution in [0.15, 0.2) is 12.3 Å². The summed E-state index contributed by atoms with van der Waals surface area (Å²) in [7, 11) is 0. The molecule has 0 fully saturated rings. The number of ether oxygens (including phenoxy) is 1. The van der Waals surface area contributed by atoms with E-state index in [0.717, 1.165) is 5.56 Å². The van der Waals surface area contributed by atoms with Gasteiger partial charge in [-0.05, 0) is 25.5 Å². The molecule has 0 spiro atoms. The molecule has 1 heterocycles. The minimum Gasteiger partial charge on any atom is -0.456 e. The van der Waals surface area contributed by atoms with E-state index < -0.39 is 5.97 Å². The number of nitrogen functional groups attached to an aromatic ring is 1. The number of nitrogens with two attached hydrogens (primary N) is 1. The van der Waals surface area contributed by atoms with E-state index in [2.05, 4.69) is 21.6 Å². The van der Waals surface area contributed by atoms with Crippen molar-refractivity contribution in [2.75, 3.05) is 12.3 Å². The number of aryl methyl sites for hydroxylation is 1. The number of anilines is 1. The van der Waals surface area contributed by atoms with E-state index in [1.165, 1.54) is 6.20 Å². The Hall–Kier alpha value is -2.02. The smallest absolute Gasteiger partial charge is 0.384 e. The molecule has 0 aliphatic heterocycles. The molecule has 4 nitrogen and oxygen atoms in total. The van der Waals surface area contributed by atoms with Crippen LogP contribution in [0.25, 0.3) is 0 Å². The van der Waals surface area contributed by atoms with Crippen LogP contribution in [0.5, 0.6) is 0 Å². The third-order valence-corrected chi connectivity index (χ3v) is 1.71. The van der Waals surface area contributed by atoms with Crippen LogP contribution < -0.4 is 5.73 Å². The Bertz CT molecular complexity index is 430. The molecule has 1 rings (SSSR count). The van der Waals surface area contributed by atoms with Crippen molar-refractivity contribution < 1.29 is 9.53 Å². The summed E-state index contributed by atoms with van der Waals surface area (Å²) in [6.45, 7) is 3.91. The minimum absolute atomic E-state index is 0.326. The van der Waals surface area contributed by atoms with Gasteiger partial charge in [-0.3, -0.25) is 0 Å². The van der Waals surface area contributed by atoms with Gasteiger partial charge in [0.25, 0.3) is 0 Å². The Morgan fingerprint density at radius 3 is 3.00 bits per heavy atom. The third-order valence-electron chi connectivity index (χ3n) is 1.71. The van der Waals surface area contributed by atoms with Gasteiger partial charge in [-0.15, -0.1) is 0 Å². The highest BCUT2D eigenvalue weighted by Crippen LogP contribution is 2.07. The number of hydrogen-bond acceptors (Lipinski definition) is 4. The lowest BCUT2D eigenvalue weighted by Gasteiger charge is -1.97. The monoisotopic (exact) mass is 204 g/mol. The minimum atomic E-state index is -0.534. The van der Waals surface area contributed by atoms with Gasteiger partial charge in [0.15, 0.2) is 0 Å². The van der Waals surface area contributed by atoms with Crippen molar-refractivity contribution in [2.45, 2.75) is 13.8 Å². The van der Waals surface area contributed by atoms with Gasteiger partial charge in [-0.1, -0.05) is 5.92 Å². The van der Waals surface area contributed by atoms with Gasteiger partial charge in [0.2, 0.25) is 0 Å². The Labute approximate surface area is 88.5 Å². The van der Waals surface area contributed by atoms with E-state index in [1.807, 2.05) is 6.92 Å². The Kier molecular flexibility index (Phi) is 3.69. The number of nitrogens with zero attached hydrogens (tertiary/aromatic N) is 1. The zero-order valence-corrected chi connectivity index (χ0v) is 8.70. The van der Waals surface area contributed by atoms with Crippen LogP contribution in [0.1, 0.15) is 18.1 Å². The highest BCUT2D eigenvalue weighted by atomic mass is 16.5. The number of pyridine rings is 1. The molecule has 2 N–H and O–H groups in total. The summed E-state index contributed by atoms with van der Waals surface area (Å²) >= 11 is 0. The lowest BCUT2D eigenvalue weighted by Crippen LogP contribution is -2.00. The topological polar surface area (TPSA) is 65.2 Å². The fourth-order valence-corrected chi connectivity index (χ4v) is 0.994. The van der Waals surface area contributed by atoms with Crippen molar-refractivity contribution in [3.63, 3.8) is 0 Å². The highest BCUT2D eigenvalue weighted by molar-refractivity contribution is 5.89. The van der Waals surface area contributed by atoms with E-state index >= 15 is 0 Å². The SMILES string of the molecule is CCOC(=O)C#Cc1cnc(N)cc1C. The van der Waals surface area contributed by atoms with Crippen LogP contribution in [0.4, 0.5) is 5.82 Å². The zero-order chi connectivity index (χ0) is 11.3. The molecule has 0 bridgehead atoms. The van der Waals surface area contributed by atoms with E-state index in [0.29, 0.717) is 18.0 Å². The molecular formula is C11H12N2O2. The molecule has 0 aliphatic rings. The number of carbonyl (C=O) groups is 1. The summed E-state index contributed by atoms with van der Waals surface area (Å²) in [5.74, 6) is 4.96. The first-order chi connectivity index (χ1) is 7.13.